The van der Waals surface area contributed by atoms with Crippen molar-refractivity contribution in [1.29, 1.82) is 0 Å². The molecule has 0 N–H and O–H groups in total. The first-order valence-electron chi connectivity index (χ1n) is 18.4. The molecule has 0 unspecified atom stereocenters. The van der Waals surface area contributed by atoms with Gasteiger partial charge in [0.2, 0.25) is 0 Å². The number of benzene rings is 7. The lowest BCUT2D eigenvalue weighted by molar-refractivity contribution is 1.01. The fourth-order valence-electron chi connectivity index (χ4n) is 7.96. The van der Waals surface area contributed by atoms with Gasteiger partial charge in [-0.05, 0) is 96.1 Å². The molecule has 0 bridgehead atoms. The smallest absolute Gasteiger partial charge is 0.164 e. The van der Waals surface area contributed by atoms with Gasteiger partial charge in [0.1, 0.15) is 5.69 Å². The summed E-state index contributed by atoms with van der Waals surface area (Å²) in [5, 5.41) is 7.45. The molecule has 2 aromatic heterocycles. The normalized spacial score (nSPS) is 11.4. The number of hydrogen-bond acceptors (Lipinski definition) is 2. The lowest BCUT2D eigenvalue weighted by Crippen LogP contribution is -2.07. The molecule has 9 aromatic rings. The maximum Gasteiger partial charge on any atom is 0.164 e. The summed E-state index contributed by atoms with van der Waals surface area (Å²) in [7, 11) is 0. The van der Waals surface area contributed by atoms with Gasteiger partial charge in [-0.25, -0.2) is 9.97 Å². The van der Waals surface area contributed by atoms with E-state index in [0.29, 0.717) is 0 Å². The van der Waals surface area contributed by atoms with Gasteiger partial charge in [0.25, 0.3) is 0 Å². The van der Waals surface area contributed by atoms with Crippen molar-refractivity contribution >= 4 is 43.4 Å². The van der Waals surface area contributed by atoms with Crippen molar-refractivity contribution in [2.75, 3.05) is 0 Å². The highest BCUT2D eigenvalue weighted by Gasteiger charge is 2.25. The summed E-state index contributed by atoms with van der Waals surface area (Å²) in [5.74, 6) is 0.842. The third-order valence-corrected chi connectivity index (χ3v) is 10.4. The highest BCUT2D eigenvalue weighted by Crippen LogP contribution is 2.46. The molecule has 0 aliphatic heterocycles. The molecule has 2 heterocycles. The zero-order valence-corrected chi connectivity index (χ0v) is 31.0. The van der Waals surface area contributed by atoms with Crippen LogP contribution in [0, 0.1) is 34.6 Å². The Labute approximate surface area is 306 Å². The average Bonchev–Trinajstić information content (AvgIpc) is 3.52. The Morgan fingerprint density at radius 3 is 1.85 bits per heavy atom. The van der Waals surface area contributed by atoms with Crippen molar-refractivity contribution in [1.82, 2.24) is 14.5 Å². The van der Waals surface area contributed by atoms with E-state index in [9.17, 15) is 0 Å². The van der Waals surface area contributed by atoms with Crippen LogP contribution in [-0.4, -0.2) is 14.5 Å². The summed E-state index contributed by atoms with van der Waals surface area (Å²) < 4.78 is 2.39. The Bertz CT molecular complexity index is 2800. The molecule has 3 heteroatoms. The van der Waals surface area contributed by atoms with Crippen LogP contribution in [0.15, 0.2) is 133 Å². The minimum atomic E-state index is 0.842. The molecule has 9 rings (SSSR count). The van der Waals surface area contributed by atoms with Gasteiger partial charge in [-0.2, -0.15) is 0 Å². The van der Waals surface area contributed by atoms with E-state index in [1.807, 2.05) is 13.8 Å². The average molecular weight is 674 g/mol. The van der Waals surface area contributed by atoms with E-state index in [4.69, 9.17) is 9.97 Å². The van der Waals surface area contributed by atoms with Crippen LogP contribution < -0.4 is 0 Å². The van der Waals surface area contributed by atoms with E-state index in [2.05, 4.69) is 173 Å². The summed E-state index contributed by atoms with van der Waals surface area (Å²) in [4.78, 5) is 11.0. The quantitative estimate of drug-likeness (QED) is 0.186. The van der Waals surface area contributed by atoms with E-state index in [1.54, 1.807) is 0 Å². The van der Waals surface area contributed by atoms with Gasteiger partial charge in [-0.3, -0.25) is 4.57 Å². The van der Waals surface area contributed by atoms with E-state index >= 15 is 0 Å². The second-order valence-corrected chi connectivity index (χ2v) is 13.6. The predicted molar refractivity (Wildman–Crippen MR) is 223 cm³/mol. The van der Waals surface area contributed by atoms with Crippen molar-refractivity contribution in [3.05, 3.63) is 161 Å². The molecular formula is C49H43N3. The maximum absolute atomic E-state index is 5.51. The summed E-state index contributed by atoms with van der Waals surface area (Å²) in [6.45, 7) is 14.9. The summed E-state index contributed by atoms with van der Waals surface area (Å²) >= 11 is 0. The molecule has 0 fully saturated rings. The first kappa shape index (κ1) is 33.1. The van der Waals surface area contributed by atoms with Crippen molar-refractivity contribution in [3.63, 3.8) is 0 Å². The van der Waals surface area contributed by atoms with Gasteiger partial charge < -0.3 is 0 Å². The Balaban J connectivity index is 0.00000190. The van der Waals surface area contributed by atoms with Crippen LogP contribution in [0.25, 0.3) is 82.8 Å². The molecule has 0 aliphatic rings. The predicted octanol–water partition coefficient (Wildman–Crippen LogP) is 13.4. The largest absolute Gasteiger partial charge is 0.292 e. The van der Waals surface area contributed by atoms with E-state index < -0.39 is 0 Å². The van der Waals surface area contributed by atoms with Gasteiger partial charge >= 0.3 is 0 Å². The lowest BCUT2D eigenvalue weighted by atomic mass is 9.87. The Kier molecular flexibility index (Phi) is 8.43. The number of nitrogens with zero attached hydrogens (tertiary/aromatic N) is 3. The first-order chi connectivity index (χ1) is 25.4. The van der Waals surface area contributed by atoms with Crippen LogP contribution in [0.3, 0.4) is 0 Å². The third kappa shape index (κ3) is 5.27. The van der Waals surface area contributed by atoms with Gasteiger partial charge in [-0.1, -0.05) is 141 Å². The molecule has 254 valence electrons. The van der Waals surface area contributed by atoms with Crippen molar-refractivity contribution in [2.24, 2.45) is 0 Å². The molecular weight excluding hydrogens is 631 g/mol. The Morgan fingerprint density at radius 1 is 0.500 bits per heavy atom. The summed E-state index contributed by atoms with van der Waals surface area (Å²) in [6, 6.07) is 48.2. The highest BCUT2D eigenvalue weighted by molar-refractivity contribution is 6.26. The highest BCUT2D eigenvalue weighted by atomic mass is 15.1. The van der Waals surface area contributed by atoms with E-state index in [1.165, 1.54) is 65.7 Å². The molecule has 0 saturated heterocycles. The molecule has 0 amide bonds. The minimum absolute atomic E-state index is 0.842. The number of fused-ring (bicyclic) bond motifs is 6. The Morgan fingerprint density at radius 2 is 1.12 bits per heavy atom. The van der Waals surface area contributed by atoms with Gasteiger partial charge in [0.15, 0.2) is 5.82 Å². The first-order valence-corrected chi connectivity index (χ1v) is 18.4. The Hall–Kier alpha value is -6.06. The molecule has 0 atom stereocenters. The maximum atomic E-state index is 5.51. The van der Waals surface area contributed by atoms with Crippen LogP contribution in [0.5, 0.6) is 0 Å². The lowest BCUT2D eigenvalue weighted by Gasteiger charge is -2.20. The molecule has 0 aliphatic carbocycles. The third-order valence-electron chi connectivity index (χ3n) is 10.4. The van der Waals surface area contributed by atoms with E-state index in [-0.39, 0.29) is 0 Å². The minimum Gasteiger partial charge on any atom is -0.292 e. The second-order valence-electron chi connectivity index (χ2n) is 13.6. The zero-order chi connectivity index (χ0) is 36.1. The van der Waals surface area contributed by atoms with Gasteiger partial charge in [0.05, 0.1) is 22.4 Å². The van der Waals surface area contributed by atoms with E-state index in [0.717, 1.165) is 45.1 Å². The van der Waals surface area contributed by atoms with Crippen molar-refractivity contribution in [2.45, 2.75) is 48.5 Å². The standard InChI is InChI=1S/C47H37N3.C2H6/c1-28-22-24-33(25-23-28)45-47(48-32(5)44(49-45)36-17-9-6-14-29(36)2)50-41-21-13-12-20-39(41)43-38-19-11-10-18-37(38)42(31(4)46(43)50)40-27-35-16-8-7-15-34(35)26-30(40)3;1-2/h6-27H,1-5H3;1-2H3. The fourth-order valence-corrected chi connectivity index (χ4v) is 7.96. The molecule has 0 radical (unpaired) electrons. The van der Waals surface area contributed by atoms with Gasteiger partial charge in [-0.15, -0.1) is 0 Å². The van der Waals surface area contributed by atoms with Crippen LogP contribution in [0.1, 0.15) is 41.8 Å². The molecule has 3 nitrogen and oxygen atoms in total. The number of aryl methyl sites for hydroxylation is 5. The number of hydrogen-bond donors (Lipinski definition) is 0. The monoisotopic (exact) mass is 673 g/mol. The molecule has 52 heavy (non-hydrogen) atoms. The molecule has 7 aromatic carbocycles. The second kappa shape index (κ2) is 13.2. The van der Waals surface area contributed by atoms with Crippen LogP contribution in [0.4, 0.5) is 0 Å². The van der Waals surface area contributed by atoms with Crippen LogP contribution in [0.2, 0.25) is 0 Å². The van der Waals surface area contributed by atoms with Gasteiger partial charge in [0, 0.05) is 21.9 Å². The number of para-hydroxylation sites is 1. The topological polar surface area (TPSA) is 30.7 Å². The van der Waals surface area contributed by atoms with Crippen molar-refractivity contribution in [3.8, 4) is 39.5 Å². The fraction of sp³-hybridized carbons (Fsp3) is 0.143. The molecule has 0 spiro atoms. The van der Waals surface area contributed by atoms with Crippen LogP contribution in [-0.2, 0) is 0 Å². The molecule has 0 saturated carbocycles. The summed E-state index contributed by atoms with van der Waals surface area (Å²) in [6.07, 6.45) is 0. The number of aromatic nitrogens is 3. The zero-order valence-electron chi connectivity index (χ0n) is 31.0. The SMILES string of the molecule is CC.Cc1ccc(-c2nc(-c3ccccc3C)c(C)nc2-n2c3ccccc3c3c4ccccc4c(-c4cc5ccccc5cc4C)c(C)c32)cc1. The van der Waals surface area contributed by atoms with Crippen LogP contribution >= 0.6 is 0 Å². The number of rotatable bonds is 4. The van der Waals surface area contributed by atoms with Crippen molar-refractivity contribution < 1.29 is 0 Å². The summed E-state index contributed by atoms with van der Waals surface area (Å²) in [5.41, 5.74) is 14.5.